The summed E-state index contributed by atoms with van der Waals surface area (Å²) in [5.41, 5.74) is 3.25. The van der Waals surface area contributed by atoms with Crippen LogP contribution in [0, 0.1) is 6.92 Å². The molecule has 0 radical (unpaired) electrons. The molecule has 0 amide bonds. The van der Waals surface area contributed by atoms with Crippen LogP contribution in [0.15, 0.2) is 62.3 Å². The SMILES string of the molecule is Cc1noc2c1c(=O)oc1ccc(-c3ccccc3)cc12. The molecule has 4 rings (SSSR count). The second-order valence-corrected chi connectivity index (χ2v) is 4.94. The quantitative estimate of drug-likeness (QED) is 0.495. The third-order valence-electron chi connectivity index (χ3n) is 3.60. The molecule has 4 heteroatoms. The van der Waals surface area contributed by atoms with Crippen molar-refractivity contribution in [1.29, 1.82) is 0 Å². The highest BCUT2D eigenvalue weighted by atomic mass is 16.5. The average molecular weight is 277 g/mol. The summed E-state index contributed by atoms with van der Waals surface area (Å²) in [6, 6.07) is 15.7. The molecule has 21 heavy (non-hydrogen) atoms. The van der Waals surface area contributed by atoms with Crippen molar-refractivity contribution in [2.75, 3.05) is 0 Å². The monoisotopic (exact) mass is 277 g/mol. The lowest BCUT2D eigenvalue weighted by atomic mass is 10.0. The van der Waals surface area contributed by atoms with Crippen LogP contribution in [0.3, 0.4) is 0 Å². The van der Waals surface area contributed by atoms with Crippen molar-refractivity contribution in [2.45, 2.75) is 6.92 Å². The number of fused-ring (bicyclic) bond motifs is 3. The predicted molar refractivity (Wildman–Crippen MR) is 80.2 cm³/mol. The third-order valence-corrected chi connectivity index (χ3v) is 3.60. The van der Waals surface area contributed by atoms with Gasteiger partial charge in [-0.05, 0) is 30.2 Å². The Morgan fingerprint density at radius 3 is 2.62 bits per heavy atom. The summed E-state index contributed by atoms with van der Waals surface area (Å²) in [6.07, 6.45) is 0. The van der Waals surface area contributed by atoms with Gasteiger partial charge in [-0.3, -0.25) is 0 Å². The zero-order valence-corrected chi connectivity index (χ0v) is 11.3. The molecule has 2 aromatic carbocycles. The van der Waals surface area contributed by atoms with Crippen LogP contribution in [0.4, 0.5) is 0 Å². The fourth-order valence-corrected chi connectivity index (χ4v) is 2.55. The van der Waals surface area contributed by atoms with Crippen LogP contribution in [0.1, 0.15) is 5.69 Å². The van der Waals surface area contributed by atoms with Crippen molar-refractivity contribution >= 4 is 21.9 Å². The molecular weight excluding hydrogens is 266 g/mol. The molecule has 0 fully saturated rings. The maximum absolute atomic E-state index is 12.0. The molecule has 2 heterocycles. The highest BCUT2D eigenvalue weighted by Gasteiger charge is 2.15. The molecule has 4 aromatic rings. The minimum absolute atomic E-state index is 0.410. The molecule has 102 valence electrons. The summed E-state index contributed by atoms with van der Waals surface area (Å²) in [5, 5.41) is 5.04. The van der Waals surface area contributed by atoms with Crippen molar-refractivity contribution in [3.8, 4) is 11.1 Å². The first kappa shape index (κ1) is 11.9. The number of benzene rings is 2. The minimum atomic E-state index is -0.413. The molecule has 0 atom stereocenters. The van der Waals surface area contributed by atoms with E-state index in [0.717, 1.165) is 16.5 Å². The molecule has 0 saturated carbocycles. The largest absolute Gasteiger partial charge is 0.422 e. The first-order chi connectivity index (χ1) is 10.2. The van der Waals surface area contributed by atoms with Crippen molar-refractivity contribution in [3.05, 3.63) is 64.6 Å². The van der Waals surface area contributed by atoms with E-state index >= 15 is 0 Å². The van der Waals surface area contributed by atoms with E-state index in [4.69, 9.17) is 8.94 Å². The van der Waals surface area contributed by atoms with Crippen LogP contribution in [-0.2, 0) is 0 Å². The molecular formula is C17H11NO3. The fraction of sp³-hybridized carbons (Fsp3) is 0.0588. The Kier molecular flexibility index (Phi) is 2.44. The Morgan fingerprint density at radius 2 is 1.81 bits per heavy atom. The van der Waals surface area contributed by atoms with Crippen LogP contribution < -0.4 is 5.63 Å². The summed E-state index contributed by atoms with van der Waals surface area (Å²) in [6.45, 7) is 1.73. The highest BCUT2D eigenvalue weighted by molar-refractivity contribution is 6.02. The van der Waals surface area contributed by atoms with E-state index in [1.165, 1.54) is 0 Å². The van der Waals surface area contributed by atoms with Crippen LogP contribution in [0.5, 0.6) is 0 Å². The van der Waals surface area contributed by atoms with Gasteiger partial charge in [-0.2, -0.15) is 0 Å². The zero-order valence-electron chi connectivity index (χ0n) is 11.3. The van der Waals surface area contributed by atoms with Gasteiger partial charge in [-0.25, -0.2) is 4.79 Å². The second kappa shape index (κ2) is 4.31. The molecule has 0 unspecified atom stereocenters. The number of aromatic nitrogens is 1. The van der Waals surface area contributed by atoms with Gasteiger partial charge < -0.3 is 8.94 Å². The van der Waals surface area contributed by atoms with E-state index in [1.807, 2.05) is 42.5 Å². The Morgan fingerprint density at radius 1 is 1.00 bits per heavy atom. The van der Waals surface area contributed by atoms with Crippen LogP contribution in [-0.4, -0.2) is 5.16 Å². The highest BCUT2D eigenvalue weighted by Crippen LogP contribution is 2.29. The average Bonchev–Trinajstić information content (AvgIpc) is 2.91. The lowest BCUT2D eigenvalue weighted by molar-refractivity contribution is 0.451. The molecule has 0 bridgehead atoms. The van der Waals surface area contributed by atoms with Crippen molar-refractivity contribution in [2.24, 2.45) is 0 Å². The Hall–Kier alpha value is -2.88. The van der Waals surface area contributed by atoms with Gasteiger partial charge in [-0.15, -0.1) is 0 Å². The van der Waals surface area contributed by atoms with Crippen LogP contribution in [0.25, 0.3) is 33.1 Å². The number of aryl methyl sites for hydroxylation is 1. The summed E-state index contributed by atoms with van der Waals surface area (Å²) in [4.78, 5) is 12.0. The van der Waals surface area contributed by atoms with Gasteiger partial charge in [-0.1, -0.05) is 41.6 Å². The fourth-order valence-electron chi connectivity index (χ4n) is 2.55. The lowest BCUT2D eigenvalue weighted by Crippen LogP contribution is -1.99. The molecule has 0 aliphatic carbocycles. The first-order valence-electron chi connectivity index (χ1n) is 6.62. The Balaban J connectivity index is 2.10. The molecule has 0 N–H and O–H groups in total. The van der Waals surface area contributed by atoms with Gasteiger partial charge in [0.2, 0.25) is 0 Å². The van der Waals surface area contributed by atoms with Crippen molar-refractivity contribution in [1.82, 2.24) is 5.16 Å². The second-order valence-electron chi connectivity index (χ2n) is 4.94. The van der Waals surface area contributed by atoms with E-state index in [0.29, 0.717) is 22.2 Å². The van der Waals surface area contributed by atoms with Crippen LogP contribution in [0.2, 0.25) is 0 Å². The van der Waals surface area contributed by atoms with E-state index < -0.39 is 5.63 Å². The Bertz CT molecular complexity index is 1010. The maximum atomic E-state index is 12.0. The van der Waals surface area contributed by atoms with Gasteiger partial charge in [0.25, 0.3) is 0 Å². The van der Waals surface area contributed by atoms with Gasteiger partial charge in [0.05, 0.1) is 11.1 Å². The molecule has 0 aliphatic heterocycles. The van der Waals surface area contributed by atoms with Gasteiger partial charge in [0.15, 0.2) is 5.58 Å². The number of hydrogen-bond acceptors (Lipinski definition) is 4. The Labute approximate surface area is 119 Å². The van der Waals surface area contributed by atoms with E-state index in [2.05, 4.69) is 5.16 Å². The smallest absolute Gasteiger partial charge is 0.349 e. The molecule has 0 aliphatic rings. The van der Waals surface area contributed by atoms with Gasteiger partial charge in [0, 0.05) is 0 Å². The lowest BCUT2D eigenvalue weighted by Gasteiger charge is -2.03. The predicted octanol–water partition coefficient (Wildman–Crippen LogP) is 3.91. The van der Waals surface area contributed by atoms with E-state index in [1.54, 1.807) is 13.0 Å². The maximum Gasteiger partial charge on any atom is 0.349 e. The standard InChI is InChI=1S/C17H11NO3/c1-10-15-16(21-18-10)13-9-12(11-5-3-2-4-6-11)7-8-14(13)20-17(15)19/h2-9H,1H3. The number of hydrogen-bond donors (Lipinski definition) is 0. The number of rotatable bonds is 1. The summed E-state index contributed by atoms with van der Waals surface area (Å²) in [5.74, 6) is 0. The van der Waals surface area contributed by atoms with Crippen molar-refractivity contribution < 1.29 is 8.94 Å². The van der Waals surface area contributed by atoms with Crippen molar-refractivity contribution in [3.63, 3.8) is 0 Å². The summed E-state index contributed by atoms with van der Waals surface area (Å²) in [7, 11) is 0. The zero-order chi connectivity index (χ0) is 14.4. The third kappa shape index (κ3) is 1.76. The van der Waals surface area contributed by atoms with E-state index in [9.17, 15) is 4.79 Å². The van der Waals surface area contributed by atoms with Crippen LogP contribution >= 0.6 is 0 Å². The summed E-state index contributed by atoms with van der Waals surface area (Å²) < 4.78 is 10.7. The molecule has 0 saturated heterocycles. The molecule has 0 spiro atoms. The van der Waals surface area contributed by atoms with Gasteiger partial charge in [0.1, 0.15) is 11.0 Å². The molecule has 4 nitrogen and oxygen atoms in total. The van der Waals surface area contributed by atoms with Gasteiger partial charge >= 0.3 is 5.63 Å². The normalized spacial score (nSPS) is 11.3. The first-order valence-corrected chi connectivity index (χ1v) is 6.62. The molecule has 2 aromatic heterocycles. The summed E-state index contributed by atoms with van der Waals surface area (Å²) >= 11 is 0. The number of nitrogens with zero attached hydrogens (tertiary/aromatic N) is 1. The topological polar surface area (TPSA) is 56.2 Å². The minimum Gasteiger partial charge on any atom is -0.422 e. The van der Waals surface area contributed by atoms with E-state index in [-0.39, 0.29) is 0 Å².